The molecule has 0 radical (unpaired) electrons. The summed E-state index contributed by atoms with van der Waals surface area (Å²) in [4.78, 5) is 14.6. The molecule has 5 heteroatoms. The molecule has 110 valence electrons. The van der Waals surface area contributed by atoms with Crippen molar-refractivity contribution < 1.29 is 14.6 Å². The molecule has 1 heterocycles. The number of benzene rings is 1. The van der Waals surface area contributed by atoms with Crippen LogP contribution in [0.5, 0.6) is 5.75 Å². The summed E-state index contributed by atoms with van der Waals surface area (Å²) in [7, 11) is 1.55. The molecule has 1 saturated heterocycles. The zero-order valence-corrected chi connectivity index (χ0v) is 12.4. The molecule has 1 N–H and O–H groups in total. The van der Waals surface area contributed by atoms with E-state index in [2.05, 4.69) is 0 Å². The van der Waals surface area contributed by atoms with Gasteiger partial charge in [0.15, 0.2) is 0 Å². The molecule has 1 atom stereocenters. The van der Waals surface area contributed by atoms with Crippen LogP contribution in [0.15, 0.2) is 18.2 Å². The van der Waals surface area contributed by atoms with E-state index in [0.717, 1.165) is 32.2 Å². The zero-order valence-electron chi connectivity index (χ0n) is 11.6. The van der Waals surface area contributed by atoms with Crippen LogP contribution >= 0.6 is 11.6 Å². The number of nitrogens with zero attached hydrogens (tertiary/aromatic N) is 1. The molecular weight excluding hydrogens is 278 g/mol. The van der Waals surface area contributed by atoms with Crippen LogP contribution in [0.1, 0.15) is 36.0 Å². The lowest BCUT2D eigenvalue weighted by Crippen LogP contribution is -2.35. The average molecular weight is 298 g/mol. The van der Waals surface area contributed by atoms with E-state index in [1.165, 1.54) is 0 Å². The van der Waals surface area contributed by atoms with Gasteiger partial charge in [0.2, 0.25) is 0 Å². The third-order valence-corrected chi connectivity index (χ3v) is 3.96. The van der Waals surface area contributed by atoms with Crippen LogP contribution in [0.2, 0.25) is 5.02 Å². The Balaban J connectivity index is 2.19. The quantitative estimate of drug-likeness (QED) is 0.909. The highest BCUT2D eigenvalue weighted by atomic mass is 35.5. The molecule has 20 heavy (non-hydrogen) atoms. The molecule has 0 aromatic heterocycles. The maximum Gasteiger partial charge on any atom is 0.257 e. The molecule has 0 spiro atoms. The van der Waals surface area contributed by atoms with Crippen LogP contribution in [0, 0.1) is 0 Å². The highest BCUT2D eigenvalue weighted by Crippen LogP contribution is 2.28. The van der Waals surface area contributed by atoms with Crippen LogP contribution < -0.4 is 4.74 Å². The maximum atomic E-state index is 12.7. The highest BCUT2D eigenvalue weighted by Gasteiger charge is 2.30. The minimum Gasteiger partial charge on any atom is -0.496 e. The molecule has 1 amide bonds. The lowest BCUT2D eigenvalue weighted by molar-refractivity contribution is 0.0721. The summed E-state index contributed by atoms with van der Waals surface area (Å²) < 4.78 is 5.25. The number of carbonyl (C=O) groups is 1. The molecule has 2 rings (SSSR count). The van der Waals surface area contributed by atoms with Crippen molar-refractivity contribution >= 4 is 17.5 Å². The van der Waals surface area contributed by atoms with Gasteiger partial charge in [0.05, 0.1) is 12.7 Å². The number of hydrogen-bond acceptors (Lipinski definition) is 3. The van der Waals surface area contributed by atoms with Crippen LogP contribution in [0.3, 0.4) is 0 Å². The molecule has 1 aromatic rings. The van der Waals surface area contributed by atoms with E-state index in [1.807, 2.05) is 4.90 Å². The molecular formula is C15H20ClNO3. The van der Waals surface area contributed by atoms with E-state index in [9.17, 15) is 4.79 Å². The summed E-state index contributed by atoms with van der Waals surface area (Å²) in [5.74, 6) is 0.511. The van der Waals surface area contributed by atoms with E-state index in [0.29, 0.717) is 16.3 Å². The van der Waals surface area contributed by atoms with Gasteiger partial charge in [0.25, 0.3) is 5.91 Å². The largest absolute Gasteiger partial charge is 0.496 e. The van der Waals surface area contributed by atoms with Gasteiger partial charge in [0.1, 0.15) is 5.75 Å². The van der Waals surface area contributed by atoms with E-state index in [-0.39, 0.29) is 18.6 Å². The number of aliphatic hydroxyl groups is 1. The first-order valence-electron chi connectivity index (χ1n) is 6.92. The number of hydrogen-bond donors (Lipinski definition) is 1. The van der Waals surface area contributed by atoms with Crippen molar-refractivity contribution in [2.75, 3.05) is 20.3 Å². The zero-order chi connectivity index (χ0) is 14.5. The van der Waals surface area contributed by atoms with Crippen molar-refractivity contribution in [1.82, 2.24) is 4.90 Å². The third kappa shape index (κ3) is 3.25. The van der Waals surface area contributed by atoms with Gasteiger partial charge in [-0.1, -0.05) is 11.6 Å². The summed E-state index contributed by atoms with van der Waals surface area (Å²) in [5.41, 5.74) is 0.510. The summed E-state index contributed by atoms with van der Waals surface area (Å²) in [6.45, 7) is 0.920. The van der Waals surface area contributed by atoms with Crippen molar-refractivity contribution in [3.8, 4) is 5.75 Å². The maximum absolute atomic E-state index is 12.7. The van der Waals surface area contributed by atoms with Gasteiger partial charge < -0.3 is 14.7 Å². The van der Waals surface area contributed by atoms with Gasteiger partial charge in [0, 0.05) is 24.2 Å². The van der Waals surface area contributed by atoms with E-state index >= 15 is 0 Å². The van der Waals surface area contributed by atoms with Crippen molar-refractivity contribution in [2.24, 2.45) is 0 Å². The summed E-state index contributed by atoms with van der Waals surface area (Å²) >= 11 is 5.99. The molecule has 1 fully saturated rings. The first-order valence-corrected chi connectivity index (χ1v) is 7.30. The van der Waals surface area contributed by atoms with E-state index < -0.39 is 0 Å². The predicted octanol–water partition coefficient (Wildman–Crippen LogP) is 2.73. The molecule has 1 unspecified atom stereocenters. The standard InChI is InChI=1S/C15H20ClNO3/c1-20-14-7-6-11(16)10-13(14)15(19)17-8-2-4-12(17)5-3-9-18/h6-7,10,12,18H,2-5,8-9H2,1H3. The van der Waals surface area contributed by atoms with Gasteiger partial charge in [-0.15, -0.1) is 0 Å². The number of amides is 1. The fourth-order valence-corrected chi connectivity index (χ4v) is 2.90. The van der Waals surface area contributed by atoms with Crippen LogP contribution in [-0.4, -0.2) is 42.2 Å². The van der Waals surface area contributed by atoms with Crippen molar-refractivity contribution in [2.45, 2.75) is 31.7 Å². The van der Waals surface area contributed by atoms with Gasteiger partial charge in [-0.3, -0.25) is 4.79 Å². The monoisotopic (exact) mass is 297 g/mol. The first-order chi connectivity index (χ1) is 9.67. The SMILES string of the molecule is COc1ccc(Cl)cc1C(=O)N1CCCC1CCCO. The number of ether oxygens (including phenoxy) is 1. The van der Waals surface area contributed by atoms with E-state index in [1.54, 1.807) is 25.3 Å². The van der Waals surface area contributed by atoms with Crippen LogP contribution in [0.4, 0.5) is 0 Å². The lowest BCUT2D eigenvalue weighted by Gasteiger charge is -2.25. The highest BCUT2D eigenvalue weighted by molar-refractivity contribution is 6.31. The topological polar surface area (TPSA) is 49.8 Å². The number of carbonyl (C=O) groups excluding carboxylic acids is 1. The summed E-state index contributed by atoms with van der Waals surface area (Å²) in [6, 6.07) is 5.29. The molecule has 1 aliphatic rings. The lowest BCUT2D eigenvalue weighted by atomic mass is 10.1. The second-order valence-corrected chi connectivity index (χ2v) is 5.44. The number of halogens is 1. The van der Waals surface area contributed by atoms with Gasteiger partial charge >= 0.3 is 0 Å². The van der Waals surface area contributed by atoms with Gasteiger partial charge in [-0.25, -0.2) is 0 Å². The number of methoxy groups -OCH3 is 1. The van der Waals surface area contributed by atoms with Gasteiger partial charge in [-0.2, -0.15) is 0 Å². The van der Waals surface area contributed by atoms with E-state index in [4.69, 9.17) is 21.4 Å². The Bertz CT molecular complexity index is 478. The molecule has 0 bridgehead atoms. The Morgan fingerprint density at radius 3 is 3.05 bits per heavy atom. The molecule has 1 aliphatic heterocycles. The van der Waals surface area contributed by atoms with Crippen LogP contribution in [-0.2, 0) is 0 Å². The molecule has 4 nitrogen and oxygen atoms in total. The Labute approximate surface area is 124 Å². The molecule has 0 saturated carbocycles. The second-order valence-electron chi connectivity index (χ2n) is 5.01. The van der Waals surface area contributed by atoms with Crippen molar-refractivity contribution in [1.29, 1.82) is 0 Å². The smallest absolute Gasteiger partial charge is 0.257 e. The Kier molecular flexibility index (Phi) is 5.26. The third-order valence-electron chi connectivity index (χ3n) is 3.73. The molecule has 0 aliphatic carbocycles. The molecule has 1 aromatic carbocycles. The van der Waals surface area contributed by atoms with Crippen LogP contribution in [0.25, 0.3) is 0 Å². The predicted molar refractivity (Wildman–Crippen MR) is 78.4 cm³/mol. The number of rotatable bonds is 5. The average Bonchev–Trinajstić information content (AvgIpc) is 2.92. The summed E-state index contributed by atoms with van der Waals surface area (Å²) in [6.07, 6.45) is 3.56. The minimum atomic E-state index is -0.0372. The Morgan fingerprint density at radius 2 is 2.35 bits per heavy atom. The minimum absolute atomic E-state index is 0.0372. The Hall–Kier alpha value is -1.26. The van der Waals surface area contributed by atoms with Crippen molar-refractivity contribution in [3.05, 3.63) is 28.8 Å². The first kappa shape index (κ1) is 15.1. The normalized spacial score (nSPS) is 18.4. The van der Waals surface area contributed by atoms with Gasteiger partial charge in [-0.05, 0) is 43.9 Å². The fourth-order valence-electron chi connectivity index (χ4n) is 2.73. The van der Waals surface area contributed by atoms with Crippen molar-refractivity contribution in [3.63, 3.8) is 0 Å². The fraction of sp³-hybridized carbons (Fsp3) is 0.533. The number of aliphatic hydroxyl groups excluding tert-OH is 1. The second kappa shape index (κ2) is 6.95. The summed E-state index contributed by atoms with van der Waals surface area (Å²) in [5, 5.41) is 9.47. The number of likely N-dealkylation sites (tertiary alicyclic amines) is 1. The Morgan fingerprint density at radius 1 is 1.55 bits per heavy atom.